The van der Waals surface area contributed by atoms with E-state index < -0.39 is 16.6 Å². The molecule has 0 aliphatic carbocycles. The van der Waals surface area contributed by atoms with Gasteiger partial charge in [-0.1, -0.05) is 34.8 Å². The third-order valence-electron chi connectivity index (χ3n) is 0. The molecule has 0 atom stereocenters. The summed E-state index contributed by atoms with van der Waals surface area (Å²) in [5, 5.41) is -1.72. The van der Waals surface area contributed by atoms with Gasteiger partial charge < -0.3 is 0 Å². The first-order valence-electron chi connectivity index (χ1n) is 2.07. The lowest BCUT2D eigenvalue weighted by Crippen LogP contribution is -1.89. The van der Waals surface area contributed by atoms with Crippen molar-refractivity contribution in [3.05, 3.63) is 0 Å². The minimum atomic E-state index is -4.53. The van der Waals surface area contributed by atoms with E-state index in [0.717, 1.165) is 0 Å². The normalized spacial score (nSPS) is 10.2. The van der Waals surface area contributed by atoms with Crippen molar-refractivity contribution in [2.45, 2.75) is 16.6 Å². The molecule has 0 spiro atoms. The molecule has 0 saturated heterocycles. The molecule has 0 aromatic carbocycles. The van der Waals surface area contributed by atoms with Gasteiger partial charge in [-0.3, -0.25) is 0 Å². The van der Waals surface area contributed by atoms with Gasteiger partial charge in [-0.2, -0.15) is 22.0 Å². The van der Waals surface area contributed by atoms with E-state index in [2.05, 4.69) is 46.4 Å². The van der Waals surface area contributed by atoms with Gasteiger partial charge >= 0.3 is 11.5 Å². The van der Waals surface area contributed by atoms with Crippen LogP contribution >= 0.6 is 46.4 Å². The Labute approximate surface area is 89.7 Å². The molecule has 0 unspecified atom stereocenters. The van der Waals surface area contributed by atoms with E-state index >= 15 is 0 Å². The minimum absolute atomic E-state index is 1.72. The van der Waals surface area contributed by atoms with E-state index in [1.54, 1.807) is 0 Å². The lowest BCUT2D eigenvalue weighted by molar-refractivity contribution is -0.0420. The number of hydrogen-bond acceptors (Lipinski definition) is 0. The first kappa shape index (κ1) is 19.3. The van der Waals surface area contributed by atoms with Crippen LogP contribution in [0.5, 0.6) is 0 Å². The minimum Gasteiger partial charge on any atom is -0.212 e. The summed E-state index contributed by atoms with van der Waals surface area (Å²) in [6.07, 6.45) is 0. The van der Waals surface area contributed by atoms with Crippen LogP contribution in [0.15, 0.2) is 0 Å². The fourth-order valence-corrected chi connectivity index (χ4v) is 0. The molecule has 0 heterocycles. The van der Waals surface area contributed by atoms with Crippen LogP contribution in [0.1, 0.15) is 0 Å². The summed E-state index contributed by atoms with van der Waals surface area (Å²) >= 11 is 16.2. The Hall–Kier alpha value is 0.740. The Morgan fingerprint density at radius 1 is 0.846 bits per heavy atom. The van der Waals surface area contributed by atoms with Crippen molar-refractivity contribution in [1.29, 1.82) is 0 Å². The predicted octanol–water partition coefficient (Wildman–Crippen LogP) is 4.91. The van der Waals surface area contributed by atoms with Crippen molar-refractivity contribution < 1.29 is 26.3 Å². The molecule has 84 valence electrons. The van der Waals surface area contributed by atoms with Crippen molar-refractivity contribution in [2.24, 2.45) is 0 Å². The smallest absolute Gasteiger partial charge is 0.212 e. The van der Waals surface area contributed by atoms with Gasteiger partial charge in [0.25, 0.3) is 0 Å². The first-order valence-corrected chi connectivity index (χ1v) is 3.75. The third kappa shape index (κ3) is 2680. The molecular weight excluding hydrogens is 292 g/mol. The highest BCUT2D eigenvalue weighted by molar-refractivity contribution is 6.42. The van der Waals surface area contributed by atoms with Crippen LogP contribution in [-0.2, 0) is 0 Å². The van der Waals surface area contributed by atoms with E-state index in [0.29, 0.717) is 0 Å². The van der Waals surface area contributed by atoms with Gasteiger partial charge in [-0.05, 0) is 11.6 Å². The fourth-order valence-electron chi connectivity index (χ4n) is 0. The van der Waals surface area contributed by atoms with Crippen LogP contribution < -0.4 is 0 Å². The number of alkyl halides is 10. The summed E-state index contributed by atoms with van der Waals surface area (Å²) in [4.78, 5) is 0. The van der Waals surface area contributed by atoms with E-state index in [1.165, 1.54) is 0 Å². The maximum atomic E-state index is 10.5. The Balaban J connectivity index is -0.000000117. The zero-order chi connectivity index (χ0) is 11.7. The fraction of sp³-hybridized carbons (Fsp3) is 1.00. The Morgan fingerprint density at radius 3 is 0.846 bits per heavy atom. The second-order valence-corrected chi connectivity index (χ2v) is 2.67. The lowest BCUT2D eigenvalue weighted by atomic mass is 11.6. The van der Waals surface area contributed by atoms with Crippen LogP contribution in [0.25, 0.3) is 0 Å². The standard InChI is InChI=1S/CHCl2F.CClF3.CHClF2/c2-1(3)4;2-1(3,4)5;2-1(3)4/h1H;;1H. The average molecular weight is 294 g/mol. The van der Waals surface area contributed by atoms with Gasteiger partial charge in [0, 0.05) is 0 Å². The Morgan fingerprint density at radius 2 is 0.846 bits per heavy atom. The second-order valence-electron chi connectivity index (χ2n) is 0.923. The summed E-state index contributed by atoms with van der Waals surface area (Å²) in [5.74, 6) is -2.69. The molecule has 10 heteroatoms. The topological polar surface area (TPSA) is 0 Å². The second kappa shape index (κ2) is 10.8. The molecule has 0 aliphatic rings. The van der Waals surface area contributed by atoms with Crippen molar-refractivity contribution >= 4 is 46.4 Å². The van der Waals surface area contributed by atoms with Crippen LogP contribution in [0, 0.1) is 0 Å². The monoisotopic (exact) mass is 292 g/mol. The van der Waals surface area contributed by atoms with E-state index in [9.17, 15) is 26.3 Å². The van der Waals surface area contributed by atoms with Gasteiger partial charge in [-0.25, -0.2) is 4.39 Å². The van der Waals surface area contributed by atoms with Gasteiger partial charge in [0.05, 0.1) is 0 Å². The molecule has 0 bridgehead atoms. The molecule has 0 nitrogen and oxygen atoms in total. The average Bonchev–Trinajstić information content (AvgIpc) is 1.50. The van der Waals surface area contributed by atoms with Crippen LogP contribution in [0.3, 0.4) is 0 Å². The Bertz CT molecular complexity index is 74.9. The highest BCUT2D eigenvalue weighted by Crippen LogP contribution is 2.18. The SMILES string of the molecule is FC(Cl)Cl.FC(F)(F)Cl.FC(F)Cl. The summed E-state index contributed by atoms with van der Waals surface area (Å²) in [6.45, 7) is 0. The van der Waals surface area contributed by atoms with E-state index in [-0.39, 0.29) is 0 Å². The lowest BCUT2D eigenvalue weighted by Gasteiger charge is -1.84. The molecule has 0 aromatic heterocycles. The summed E-state index contributed by atoms with van der Waals surface area (Å²) in [6, 6.07) is 0. The van der Waals surface area contributed by atoms with Crippen molar-refractivity contribution in [1.82, 2.24) is 0 Å². The molecule has 0 radical (unpaired) electrons. The quantitative estimate of drug-likeness (QED) is 0.440. The van der Waals surface area contributed by atoms with Gasteiger partial charge in [-0.15, -0.1) is 0 Å². The van der Waals surface area contributed by atoms with Crippen molar-refractivity contribution in [3.8, 4) is 0 Å². The number of rotatable bonds is 0. The van der Waals surface area contributed by atoms with E-state index in [4.69, 9.17) is 0 Å². The molecule has 0 aliphatic heterocycles. The third-order valence-corrected chi connectivity index (χ3v) is 0. The van der Waals surface area contributed by atoms with Gasteiger partial charge in [0.2, 0.25) is 5.09 Å². The molecule has 0 amide bonds. The zero-order valence-corrected chi connectivity index (χ0v) is 8.46. The predicted molar refractivity (Wildman–Crippen MR) is 40.4 cm³/mol. The highest BCUT2D eigenvalue weighted by Gasteiger charge is 2.20. The number of hydrogen-bond donors (Lipinski definition) is 0. The molecule has 0 N–H and O–H groups in total. The number of halogens is 10. The van der Waals surface area contributed by atoms with Gasteiger partial charge in [0.15, 0.2) is 0 Å². The van der Waals surface area contributed by atoms with Gasteiger partial charge in [0.1, 0.15) is 0 Å². The maximum absolute atomic E-state index is 10.5. The molecular formula is C3H2Cl4F6. The first-order chi connectivity index (χ1) is 5.46. The molecule has 0 fully saturated rings. The molecule has 13 heavy (non-hydrogen) atoms. The van der Waals surface area contributed by atoms with Crippen LogP contribution in [0.4, 0.5) is 26.3 Å². The van der Waals surface area contributed by atoms with E-state index in [1.807, 2.05) is 0 Å². The zero-order valence-electron chi connectivity index (χ0n) is 5.43. The Kier molecular flexibility index (Phi) is 16.1. The van der Waals surface area contributed by atoms with Crippen LogP contribution in [-0.4, -0.2) is 16.6 Å². The largest absolute Gasteiger partial charge is 0.475 e. The molecule has 0 aromatic rings. The van der Waals surface area contributed by atoms with Crippen molar-refractivity contribution in [2.75, 3.05) is 0 Å². The summed E-state index contributed by atoms with van der Waals surface area (Å²) in [7, 11) is 0. The maximum Gasteiger partial charge on any atom is 0.475 e. The molecule has 0 saturated carbocycles. The van der Waals surface area contributed by atoms with Crippen LogP contribution in [0.2, 0.25) is 0 Å². The summed E-state index contributed by atoms with van der Waals surface area (Å²) < 4.78 is 61.1. The molecule has 0 rings (SSSR count). The highest BCUT2D eigenvalue weighted by atomic mass is 35.5. The summed E-state index contributed by atoms with van der Waals surface area (Å²) in [5.41, 5.74) is -4.53. The van der Waals surface area contributed by atoms with Crippen molar-refractivity contribution in [3.63, 3.8) is 0 Å².